The molecule has 4 nitrogen and oxygen atoms in total. The normalized spacial score (nSPS) is 14.9. The van der Waals surface area contributed by atoms with E-state index in [9.17, 15) is 4.79 Å². The summed E-state index contributed by atoms with van der Waals surface area (Å²) in [7, 11) is 3.18. The monoisotopic (exact) mass is 319 g/mol. The van der Waals surface area contributed by atoms with Gasteiger partial charge in [-0.3, -0.25) is 4.79 Å². The number of Topliss-reactive ketones (excluding diaryl/α,β-unsaturated/α-hetero) is 1. The van der Waals surface area contributed by atoms with E-state index in [1.54, 1.807) is 19.1 Å². The molecule has 0 aromatic carbocycles. The van der Waals surface area contributed by atoms with Gasteiger partial charge in [0, 0.05) is 31.1 Å². The maximum absolute atomic E-state index is 12.3. The number of rotatable bonds is 7. The van der Waals surface area contributed by atoms with Crippen LogP contribution in [0.5, 0.6) is 10.8 Å². The molecule has 0 radical (unpaired) electrons. The van der Waals surface area contributed by atoms with Crippen LogP contribution in [0.2, 0.25) is 0 Å². The molecule has 0 amide bonds. The van der Waals surface area contributed by atoms with Gasteiger partial charge in [-0.25, -0.2) is 0 Å². The highest BCUT2D eigenvalue weighted by Crippen LogP contribution is 2.36. The van der Waals surface area contributed by atoms with E-state index in [-0.39, 0.29) is 18.2 Å². The van der Waals surface area contributed by atoms with Crippen LogP contribution in [0.1, 0.15) is 36.0 Å². The van der Waals surface area contributed by atoms with Crippen molar-refractivity contribution in [2.75, 3.05) is 33.9 Å². The Morgan fingerprint density at radius 3 is 2.60 bits per heavy atom. The molecule has 0 atom stereocenters. The van der Waals surface area contributed by atoms with E-state index in [1.807, 2.05) is 5.38 Å². The molecule has 114 valence electrons. The number of hydrogen-bond acceptors (Lipinski definition) is 4. The van der Waals surface area contributed by atoms with Gasteiger partial charge in [-0.1, -0.05) is 0 Å². The first kappa shape index (κ1) is 17.3. The fourth-order valence-corrected chi connectivity index (χ4v) is 3.48. The van der Waals surface area contributed by atoms with Gasteiger partial charge in [-0.2, -0.15) is 0 Å². The predicted molar refractivity (Wildman–Crippen MR) is 75.8 cm³/mol. The Hall–Kier alpha value is -0.780. The van der Waals surface area contributed by atoms with Crippen molar-refractivity contribution in [1.29, 1.82) is 0 Å². The van der Waals surface area contributed by atoms with Crippen LogP contribution >= 0.6 is 11.3 Å². The average Bonchev–Trinajstić information content (AvgIpc) is 3.06. The van der Waals surface area contributed by atoms with Crippen molar-refractivity contribution in [2.24, 2.45) is 0 Å². The first-order valence-electron chi connectivity index (χ1n) is 6.82. The molecule has 2 heterocycles. The van der Waals surface area contributed by atoms with E-state index in [4.69, 9.17) is 9.47 Å². The standard InChI is InChI=1S/C14H21NO3S.ClH/c1-17-12-10-19-14(18-2)13(12)11(16)6-5-9-15-7-3-4-8-15;/h10H,3-9H2,1-2H3;1H. The number of hydrogen-bond donors (Lipinski definition) is 1. The Labute approximate surface area is 130 Å². The number of carbonyl (C=O) groups excluding carboxylic acids is 1. The van der Waals surface area contributed by atoms with Gasteiger partial charge in [-0.15, -0.1) is 11.3 Å². The first-order valence-corrected chi connectivity index (χ1v) is 7.70. The molecule has 1 aliphatic heterocycles. The molecule has 1 N–H and O–H groups in total. The number of halogens is 1. The van der Waals surface area contributed by atoms with Gasteiger partial charge in [-0.05, 0) is 0 Å². The fourth-order valence-electron chi connectivity index (χ4n) is 2.63. The lowest BCUT2D eigenvalue weighted by Crippen LogP contribution is -3.10. The largest absolute Gasteiger partial charge is 1.00 e. The lowest BCUT2D eigenvalue weighted by molar-refractivity contribution is -0.887. The van der Waals surface area contributed by atoms with E-state index >= 15 is 0 Å². The predicted octanol–water partition coefficient (Wildman–Crippen LogP) is -1.59. The third-order valence-corrected chi connectivity index (χ3v) is 4.57. The number of ketones is 1. The number of likely N-dealkylation sites (tertiary alicyclic amines) is 1. The van der Waals surface area contributed by atoms with Crippen molar-refractivity contribution >= 4 is 17.1 Å². The third kappa shape index (κ3) is 4.11. The molecule has 0 spiro atoms. The molecule has 1 saturated heterocycles. The summed E-state index contributed by atoms with van der Waals surface area (Å²) in [6.45, 7) is 3.62. The van der Waals surface area contributed by atoms with E-state index in [0.717, 1.165) is 13.0 Å². The van der Waals surface area contributed by atoms with Gasteiger partial charge in [0.05, 0.1) is 33.9 Å². The molecule has 0 unspecified atom stereocenters. The minimum absolute atomic E-state index is 0. The minimum atomic E-state index is 0. The fraction of sp³-hybridized carbons (Fsp3) is 0.643. The van der Waals surface area contributed by atoms with Gasteiger partial charge in [0.25, 0.3) is 0 Å². The van der Waals surface area contributed by atoms with Crippen LogP contribution in [0.3, 0.4) is 0 Å². The molecular weight excluding hydrogens is 298 g/mol. The summed E-state index contributed by atoms with van der Waals surface area (Å²) in [4.78, 5) is 13.9. The highest BCUT2D eigenvalue weighted by Gasteiger charge is 2.21. The second-order valence-electron chi connectivity index (χ2n) is 4.90. The molecular formula is C14H22ClNO3S. The molecule has 1 aliphatic rings. The topological polar surface area (TPSA) is 40.0 Å². The van der Waals surface area contributed by atoms with Crippen molar-refractivity contribution in [1.82, 2.24) is 0 Å². The Morgan fingerprint density at radius 1 is 1.30 bits per heavy atom. The zero-order chi connectivity index (χ0) is 13.7. The maximum Gasteiger partial charge on any atom is 0.188 e. The Morgan fingerprint density at radius 2 is 2.00 bits per heavy atom. The Bertz CT molecular complexity index is 409. The van der Waals surface area contributed by atoms with Gasteiger partial charge >= 0.3 is 0 Å². The Balaban J connectivity index is 0.00000200. The van der Waals surface area contributed by atoms with Crippen molar-refractivity contribution in [3.05, 3.63) is 10.9 Å². The summed E-state index contributed by atoms with van der Waals surface area (Å²) in [5.74, 6) is 0.772. The zero-order valence-electron chi connectivity index (χ0n) is 12.0. The number of thiophene rings is 1. The third-order valence-electron chi connectivity index (χ3n) is 3.65. The summed E-state index contributed by atoms with van der Waals surface area (Å²) >= 11 is 1.41. The van der Waals surface area contributed by atoms with Crippen LogP contribution in [0, 0.1) is 0 Å². The average molecular weight is 320 g/mol. The first-order chi connectivity index (χ1) is 9.26. The molecule has 6 heteroatoms. The molecule has 1 aromatic heterocycles. The minimum Gasteiger partial charge on any atom is -1.00 e. The second kappa shape index (κ2) is 8.49. The molecule has 1 fully saturated rings. The van der Waals surface area contributed by atoms with Crippen LogP contribution < -0.4 is 26.8 Å². The Kier molecular flexibility index (Phi) is 7.34. The lowest BCUT2D eigenvalue weighted by Gasteiger charge is -2.11. The zero-order valence-corrected chi connectivity index (χ0v) is 13.6. The summed E-state index contributed by atoms with van der Waals surface area (Å²) in [6.07, 6.45) is 4.17. The van der Waals surface area contributed by atoms with E-state index in [0.29, 0.717) is 22.8 Å². The van der Waals surface area contributed by atoms with Crippen molar-refractivity contribution in [2.45, 2.75) is 25.7 Å². The van der Waals surface area contributed by atoms with Gasteiger partial charge in [0.2, 0.25) is 0 Å². The SMILES string of the molecule is COc1csc(OC)c1C(=O)CCC[NH+]1CCCC1.[Cl-]. The number of nitrogens with one attached hydrogen (secondary N) is 1. The highest BCUT2D eigenvalue weighted by molar-refractivity contribution is 7.12. The quantitative estimate of drug-likeness (QED) is 0.616. The maximum atomic E-state index is 12.3. The summed E-state index contributed by atoms with van der Waals surface area (Å²) in [6, 6.07) is 0. The van der Waals surface area contributed by atoms with Crippen LogP contribution in [0.15, 0.2) is 5.38 Å². The molecule has 2 rings (SSSR count). The molecule has 0 aliphatic carbocycles. The van der Waals surface area contributed by atoms with Crippen molar-refractivity contribution in [3.8, 4) is 10.8 Å². The van der Waals surface area contributed by atoms with Crippen LogP contribution in [0.4, 0.5) is 0 Å². The van der Waals surface area contributed by atoms with Gasteiger partial charge in [0.15, 0.2) is 10.8 Å². The van der Waals surface area contributed by atoms with E-state index in [2.05, 4.69) is 0 Å². The number of quaternary nitrogens is 1. The van der Waals surface area contributed by atoms with Crippen LogP contribution in [-0.4, -0.2) is 39.6 Å². The van der Waals surface area contributed by atoms with Gasteiger partial charge in [0.1, 0.15) is 11.3 Å². The molecule has 0 bridgehead atoms. The summed E-state index contributed by atoms with van der Waals surface area (Å²) < 4.78 is 10.5. The molecule has 0 saturated carbocycles. The molecule has 20 heavy (non-hydrogen) atoms. The summed E-state index contributed by atoms with van der Waals surface area (Å²) in [5, 5.41) is 2.49. The van der Waals surface area contributed by atoms with E-state index in [1.165, 1.54) is 37.3 Å². The lowest BCUT2D eigenvalue weighted by atomic mass is 10.1. The highest BCUT2D eigenvalue weighted by atomic mass is 35.5. The van der Waals surface area contributed by atoms with Crippen LogP contribution in [-0.2, 0) is 0 Å². The number of carbonyl (C=O) groups is 1. The summed E-state index contributed by atoms with van der Waals surface area (Å²) in [5.41, 5.74) is 0.617. The van der Waals surface area contributed by atoms with Crippen molar-refractivity contribution < 1.29 is 31.6 Å². The smallest absolute Gasteiger partial charge is 0.188 e. The number of ether oxygens (including phenoxy) is 2. The van der Waals surface area contributed by atoms with E-state index < -0.39 is 0 Å². The van der Waals surface area contributed by atoms with Gasteiger partial charge < -0.3 is 26.8 Å². The number of methoxy groups -OCH3 is 2. The molecule has 1 aromatic rings. The second-order valence-corrected chi connectivity index (χ2v) is 5.75. The van der Waals surface area contributed by atoms with Crippen LogP contribution in [0.25, 0.3) is 0 Å². The van der Waals surface area contributed by atoms with Crippen molar-refractivity contribution in [3.63, 3.8) is 0 Å².